The van der Waals surface area contributed by atoms with Crippen LogP contribution in [0.3, 0.4) is 0 Å². The third-order valence-corrected chi connectivity index (χ3v) is 4.95. The third-order valence-electron chi connectivity index (χ3n) is 3.73. The van der Waals surface area contributed by atoms with Gasteiger partial charge in [-0.1, -0.05) is 41.9 Å². The van der Waals surface area contributed by atoms with Gasteiger partial charge in [-0.2, -0.15) is 13.5 Å². The molecule has 3 aromatic carbocycles. The predicted octanol–water partition coefficient (Wildman–Crippen LogP) is 5.17. The van der Waals surface area contributed by atoms with Gasteiger partial charge in [-0.05, 0) is 36.1 Å². The van der Waals surface area contributed by atoms with E-state index >= 15 is 0 Å². The Labute approximate surface area is 149 Å². The molecule has 2 N–H and O–H groups in total. The standard InChI is InChI=1S/C17H13ClN2O4S/c1-10-14(18)8-12(25(22,23)24)9-15(10)19-20-17-13-5-3-2-4-11(13)6-7-16(17)21/h2-9,21H,1H3,(H,22,23,24). The molecule has 0 atom stereocenters. The van der Waals surface area contributed by atoms with Crippen molar-refractivity contribution in [3.05, 3.63) is 59.1 Å². The fraction of sp³-hybridized carbons (Fsp3) is 0.0588. The van der Waals surface area contributed by atoms with E-state index in [1.54, 1.807) is 19.1 Å². The summed E-state index contributed by atoms with van der Waals surface area (Å²) < 4.78 is 31.9. The van der Waals surface area contributed by atoms with Gasteiger partial charge < -0.3 is 5.11 Å². The zero-order chi connectivity index (χ0) is 18.2. The largest absolute Gasteiger partial charge is 0.506 e. The summed E-state index contributed by atoms with van der Waals surface area (Å²) in [5, 5.41) is 19.9. The van der Waals surface area contributed by atoms with Gasteiger partial charge in [0.05, 0.1) is 10.6 Å². The van der Waals surface area contributed by atoms with Gasteiger partial charge in [0, 0.05) is 10.4 Å². The van der Waals surface area contributed by atoms with E-state index < -0.39 is 10.1 Å². The molecule has 0 unspecified atom stereocenters. The monoisotopic (exact) mass is 376 g/mol. The molecule has 6 nitrogen and oxygen atoms in total. The molecule has 0 amide bonds. The molecule has 0 saturated carbocycles. The Morgan fingerprint density at radius 2 is 1.76 bits per heavy atom. The number of aromatic hydroxyl groups is 1. The molecule has 0 spiro atoms. The summed E-state index contributed by atoms with van der Waals surface area (Å²) in [5.74, 6) is -0.0582. The van der Waals surface area contributed by atoms with Crippen LogP contribution in [0.25, 0.3) is 10.8 Å². The van der Waals surface area contributed by atoms with Gasteiger partial charge in [-0.15, -0.1) is 5.11 Å². The molecule has 25 heavy (non-hydrogen) atoms. The Hall–Kier alpha value is -2.48. The number of hydrogen-bond donors (Lipinski definition) is 2. The van der Waals surface area contributed by atoms with Crippen molar-refractivity contribution in [1.29, 1.82) is 0 Å². The number of phenols is 1. The lowest BCUT2D eigenvalue weighted by atomic mass is 10.1. The van der Waals surface area contributed by atoms with Crippen molar-refractivity contribution in [1.82, 2.24) is 0 Å². The molecule has 0 heterocycles. The summed E-state index contributed by atoms with van der Waals surface area (Å²) in [6, 6.07) is 12.9. The molecule has 8 heteroatoms. The quantitative estimate of drug-likeness (QED) is 0.486. The van der Waals surface area contributed by atoms with Gasteiger partial charge in [0.2, 0.25) is 0 Å². The molecule has 0 fully saturated rings. The molecule has 0 saturated heterocycles. The molecule has 0 radical (unpaired) electrons. The summed E-state index contributed by atoms with van der Waals surface area (Å²) in [7, 11) is -4.43. The van der Waals surface area contributed by atoms with E-state index in [0.717, 1.165) is 11.5 Å². The van der Waals surface area contributed by atoms with Crippen LogP contribution in [0.4, 0.5) is 11.4 Å². The second-order valence-corrected chi connectivity index (χ2v) is 7.21. The van der Waals surface area contributed by atoms with Crippen LogP contribution in [-0.4, -0.2) is 18.1 Å². The summed E-state index contributed by atoms with van der Waals surface area (Å²) in [5.41, 5.74) is 0.927. The molecular weight excluding hydrogens is 364 g/mol. The van der Waals surface area contributed by atoms with Crippen LogP contribution in [-0.2, 0) is 10.1 Å². The number of rotatable bonds is 3. The van der Waals surface area contributed by atoms with Crippen molar-refractivity contribution in [2.45, 2.75) is 11.8 Å². The number of azo groups is 1. The van der Waals surface area contributed by atoms with E-state index in [2.05, 4.69) is 10.2 Å². The van der Waals surface area contributed by atoms with Gasteiger partial charge >= 0.3 is 0 Å². The van der Waals surface area contributed by atoms with Crippen molar-refractivity contribution in [2.24, 2.45) is 10.2 Å². The first-order valence-electron chi connectivity index (χ1n) is 7.17. The molecular formula is C17H13ClN2O4S. The van der Waals surface area contributed by atoms with E-state index in [0.29, 0.717) is 10.9 Å². The molecule has 0 aromatic heterocycles. The minimum absolute atomic E-state index is 0.0582. The highest BCUT2D eigenvalue weighted by Gasteiger charge is 2.15. The first-order chi connectivity index (χ1) is 11.8. The van der Waals surface area contributed by atoms with Crippen molar-refractivity contribution in [2.75, 3.05) is 0 Å². The van der Waals surface area contributed by atoms with E-state index in [4.69, 9.17) is 11.6 Å². The summed E-state index contributed by atoms with van der Waals surface area (Å²) in [6.07, 6.45) is 0. The molecule has 0 aliphatic heterocycles. The molecule has 3 rings (SSSR count). The number of fused-ring (bicyclic) bond motifs is 1. The first-order valence-corrected chi connectivity index (χ1v) is 8.99. The normalized spacial score (nSPS) is 12.1. The van der Waals surface area contributed by atoms with Crippen molar-refractivity contribution in [3.63, 3.8) is 0 Å². The highest BCUT2D eigenvalue weighted by Crippen LogP contribution is 2.37. The van der Waals surface area contributed by atoms with Crippen LogP contribution in [0.15, 0.2) is 63.7 Å². The Morgan fingerprint density at radius 1 is 1.04 bits per heavy atom. The summed E-state index contributed by atoms with van der Waals surface area (Å²) in [4.78, 5) is -0.376. The summed E-state index contributed by atoms with van der Waals surface area (Å²) >= 11 is 6.01. The Bertz CT molecular complexity index is 1110. The van der Waals surface area contributed by atoms with Gasteiger partial charge in [-0.3, -0.25) is 4.55 Å². The molecule has 128 valence electrons. The Morgan fingerprint density at radius 3 is 2.48 bits per heavy atom. The zero-order valence-electron chi connectivity index (χ0n) is 13.0. The Balaban J connectivity index is 2.15. The molecule has 0 aliphatic carbocycles. The minimum atomic E-state index is -4.43. The minimum Gasteiger partial charge on any atom is -0.506 e. The number of halogens is 1. The molecule has 3 aromatic rings. The SMILES string of the molecule is Cc1c(Cl)cc(S(=O)(=O)O)cc1N=Nc1c(O)ccc2ccccc12. The number of nitrogens with zero attached hydrogens (tertiary/aromatic N) is 2. The van der Waals surface area contributed by atoms with Crippen LogP contribution in [0.5, 0.6) is 5.75 Å². The topological polar surface area (TPSA) is 99.3 Å². The van der Waals surface area contributed by atoms with E-state index in [1.807, 2.05) is 18.2 Å². The Kier molecular flexibility index (Phi) is 4.47. The highest BCUT2D eigenvalue weighted by molar-refractivity contribution is 7.85. The number of benzene rings is 3. The fourth-order valence-electron chi connectivity index (χ4n) is 2.35. The highest BCUT2D eigenvalue weighted by atomic mass is 35.5. The second-order valence-electron chi connectivity index (χ2n) is 5.38. The number of phenolic OH excluding ortho intramolecular Hbond substituents is 1. The van der Waals surface area contributed by atoms with E-state index in [9.17, 15) is 18.1 Å². The van der Waals surface area contributed by atoms with E-state index in [1.165, 1.54) is 12.1 Å². The van der Waals surface area contributed by atoms with Crippen LogP contribution in [0.1, 0.15) is 5.56 Å². The second kappa shape index (κ2) is 6.44. The molecule has 0 bridgehead atoms. The van der Waals surface area contributed by atoms with Crippen LogP contribution < -0.4 is 0 Å². The summed E-state index contributed by atoms with van der Waals surface area (Å²) in [6.45, 7) is 1.65. The smallest absolute Gasteiger partial charge is 0.294 e. The lowest BCUT2D eigenvalue weighted by Crippen LogP contribution is -1.98. The lowest BCUT2D eigenvalue weighted by molar-refractivity contribution is 0.477. The van der Waals surface area contributed by atoms with Crippen LogP contribution in [0, 0.1) is 6.92 Å². The predicted molar refractivity (Wildman–Crippen MR) is 95.8 cm³/mol. The average Bonchev–Trinajstić information content (AvgIpc) is 2.56. The van der Waals surface area contributed by atoms with Crippen molar-refractivity contribution < 1.29 is 18.1 Å². The first kappa shape index (κ1) is 17.3. The number of hydrogen-bond acceptors (Lipinski definition) is 5. The maximum Gasteiger partial charge on any atom is 0.294 e. The van der Waals surface area contributed by atoms with Crippen molar-refractivity contribution >= 4 is 43.9 Å². The van der Waals surface area contributed by atoms with Gasteiger partial charge in [0.1, 0.15) is 11.4 Å². The maximum atomic E-state index is 11.3. The fourth-order valence-corrected chi connectivity index (χ4v) is 3.15. The average molecular weight is 377 g/mol. The van der Waals surface area contributed by atoms with Crippen LogP contribution in [0.2, 0.25) is 5.02 Å². The zero-order valence-corrected chi connectivity index (χ0v) is 14.6. The van der Waals surface area contributed by atoms with Gasteiger partial charge in [0.25, 0.3) is 10.1 Å². The van der Waals surface area contributed by atoms with Crippen molar-refractivity contribution in [3.8, 4) is 5.75 Å². The van der Waals surface area contributed by atoms with Crippen LogP contribution >= 0.6 is 11.6 Å². The van der Waals surface area contributed by atoms with Gasteiger partial charge in [0.15, 0.2) is 0 Å². The van der Waals surface area contributed by atoms with Gasteiger partial charge in [-0.25, -0.2) is 0 Å². The third kappa shape index (κ3) is 3.48. The molecule has 0 aliphatic rings. The van der Waals surface area contributed by atoms with E-state index in [-0.39, 0.29) is 27.0 Å². The lowest BCUT2D eigenvalue weighted by Gasteiger charge is -2.06. The maximum absolute atomic E-state index is 11.3.